The van der Waals surface area contributed by atoms with Crippen LogP contribution in [-0.2, 0) is 20.7 Å². The molecule has 1 fully saturated rings. The van der Waals surface area contributed by atoms with E-state index in [1.165, 1.54) is 17.0 Å². The molecule has 4 atom stereocenters. The predicted molar refractivity (Wildman–Crippen MR) is 148 cm³/mol. The molecule has 0 spiro atoms. The molecular weight excluding hydrogens is 498 g/mol. The van der Waals surface area contributed by atoms with Crippen molar-refractivity contribution in [2.75, 3.05) is 0 Å². The number of carbonyl (C=O) groups is 3. The highest BCUT2D eigenvalue weighted by molar-refractivity contribution is 5.93. The van der Waals surface area contributed by atoms with Gasteiger partial charge in [0, 0.05) is 24.1 Å². The van der Waals surface area contributed by atoms with Gasteiger partial charge >= 0.3 is 6.09 Å². The Bertz CT molecular complexity index is 1190. The fraction of sp³-hybridized carbons (Fsp3) is 0.500. The number of nitrogens with zero attached hydrogens (tertiary/aromatic N) is 1. The van der Waals surface area contributed by atoms with Gasteiger partial charge in [0.1, 0.15) is 29.2 Å². The van der Waals surface area contributed by atoms with Crippen LogP contribution in [0.25, 0.3) is 0 Å². The van der Waals surface area contributed by atoms with Crippen LogP contribution in [0.2, 0.25) is 0 Å². The van der Waals surface area contributed by atoms with Crippen molar-refractivity contribution in [2.45, 2.75) is 91.1 Å². The number of phenols is 2. The molecule has 1 aliphatic carbocycles. The summed E-state index contributed by atoms with van der Waals surface area (Å²) in [5.74, 6) is -0.726. The smallest absolute Gasteiger partial charge is 0.408 e. The van der Waals surface area contributed by atoms with Crippen LogP contribution in [-0.4, -0.2) is 56.7 Å². The van der Waals surface area contributed by atoms with E-state index in [1.807, 2.05) is 20.8 Å². The summed E-state index contributed by atoms with van der Waals surface area (Å²) in [6.07, 6.45) is 0.0289. The molecule has 1 aliphatic rings. The van der Waals surface area contributed by atoms with Crippen molar-refractivity contribution in [3.63, 3.8) is 0 Å². The van der Waals surface area contributed by atoms with E-state index in [1.54, 1.807) is 58.0 Å². The van der Waals surface area contributed by atoms with Crippen molar-refractivity contribution in [1.29, 1.82) is 0 Å². The van der Waals surface area contributed by atoms with Crippen LogP contribution in [0.4, 0.5) is 4.79 Å². The van der Waals surface area contributed by atoms with Crippen LogP contribution in [0.3, 0.4) is 0 Å². The molecule has 9 heteroatoms. The van der Waals surface area contributed by atoms with Gasteiger partial charge in [0.05, 0.1) is 0 Å². The second-order valence-corrected chi connectivity index (χ2v) is 11.7. The van der Waals surface area contributed by atoms with Crippen LogP contribution in [0.5, 0.6) is 11.5 Å². The third-order valence-corrected chi connectivity index (χ3v) is 6.57. The number of carbonyl (C=O) groups excluding carboxylic acids is 3. The van der Waals surface area contributed by atoms with E-state index in [9.17, 15) is 24.6 Å². The number of rotatable bonds is 9. The number of aryl methyl sites for hydroxylation is 1. The minimum atomic E-state index is -1.11. The SMILES string of the molecule is Cc1cccc(C(C(=O)NC(C)C)N(C(=O)C(Cc2ccc(O)cc2)NC(=O)OC(C)(C)C)C2CC2C)c1O. The molecule has 0 heterocycles. The molecule has 0 bridgehead atoms. The zero-order valence-electron chi connectivity index (χ0n) is 23.8. The summed E-state index contributed by atoms with van der Waals surface area (Å²) >= 11 is 0. The topological polar surface area (TPSA) is 128 Å². The standard InChI is InChI=1S/C30H41N3O6/c1-17(2)31-27(36)25(22-10-8-9-18(3)26(22)35)33(24-15-19(24)4)28(37)23(32-29(38)39-30(5,6)7)16-20-11-13-21(34)14-12-20/h8-14,17,19,23-25,34-35H,15-16H2,1-7H3,(H,31,36)(H,32,38). The van der Waals surface area contributed by atoms with Gasteiger partial charge in [-0.3, -0.25) is 9.59 Å². The summed E-state index contributed by atoms with van der Waals surface area (Å²) in [7, 11) is 0. The van der Waals surface area contributed by atoms with E-state index in [0.29, 0.717) is 23.1 Å². The minimum Gasteiger partial charge on any atom is -0.508 e. The molecule has 212 valence electrons. The summed E-state index contributed by atoms with van der Waals surface area (Å²) in [6, 6.07) is 8.84. The zero-order valence-corrected chi connectivity index (χ0v) is 23.8. The zero-order chi connectivity index (χ0) is 29.1. The average molecular weight is 540 g/mol. The van der Waals surface area contributed by atoms with Crippen molar-refractivity contribution in [2.24, 2.45) is 5.92 Å². The summed E-state index contributed by atoms with van der Waals surface area (Å²) < 4.78 is 5.45. The number of hydrogen-bond acceptors (Lipinski definition) is 6. The molecule has 1 saturated carbocycles. The van der Waals surface area contributed by atoms with Gasteiger partial charge < -0.3 is 30.5 Å². The average Bonchev–Trinajstić information content (AvgIpc) is 3.54. The van der Waals surface area contributed by atoms with Crippen LogP contribution < -0.4 is 10.6 Å². The molecule has 4 N–H and O–H groups in total. The first-order valence-corrected chi connectivity index (χ1v) is 13.4. The summed E-state index contributed by atoms with van der Waals surface area (Å²) in [5.41, 5.74) is 0.820. The first kappa shape index (κ1) is 29.8. The molecule has 3 amide bonds. The lowest BCUT2D eigenvalue weighted by atomic mass is 9.97. The number of para-hydroxylation sites is 1. The van der Waals surface area contributed by atoms with Crippen molar-refractivity contribution in [3.05, 3.63) is 59.2 Å². The summed E-state index contributed by atoms with van der Waals surface area (Å²) in [6.45, 7) is 12.6. The van der Waals surface area contributed by atoms with Crippen molar-refractivity contribution >= 4 is 17.9 Å². The first-order valence-electron chi connectivity index (χ1n) is 13.4. The lowest BCUT2D eigenvalue weighted by Gasteiger charge is -2.35. The molecule has 0 saturated heterocycles. The molecule has 39 heavy (non-hydrogen) atoms. The fourth-order valence-corrected chi connectivity index (χ4v) is 4.55. The highest BCUT2D eigenvalue weighted by Gasteiger charge is 2.49. The molecule has 2 aromatic rings. The number of benzene rings is 2. The monoisotopic (exact) mass is 539 g/mol. The van der Waals surface area contributed by atoms with Gasteiger partial charge in [-0.2, -0.15) is 0 Å². The van der Waals surface area contributed by atoms with Crippen molar-refractivity contribution < 1.29 is 29.3 Å². The van der Waals surface area contributed by atoms with E-state index in [4.69, 9.17) is 4.74 Å². The Labute approximate surface area is 230 Å². The third-order valence-electron chi connectivity index (χ3n) is 6.57. The van der Waals surface area contributed by atoms with Gasteiger partial charge in [-0.1, -0.05) is 37.3 Å². The minimum absolute atomic E-state index is 0.0531. The van der Waals surface area contributed by atoms with E-state index in [-0.39, 0.29) is 35.9 Å². The Morgan fingerprint density at radius 3 is 2.21 bits per heavy atom. The second kappa shape index (κ2) is 12.0. The van der Waals surface area contributed by atoms with Crippen LogP contribution in [0.15, 0.2) is 42.5 Å². The largest absolute Gasteiger partial charge is 0.508 e. The molecule has 0 radical (unpaired) electrons. The Morgan fingerprint density at radius 2 is 1.67 bits per heavy atom. The number of ether oxygens (including phenoxy) is 1. The number of hydrogen-bond donors (Lipinski definition) is 4. The Morgan fingerprint density at radius 1 is 1.05 bits per heavy atom. The molecule has 9 nitrogen and oxygen atoms in total. The Kier molecular flexibility index (Phi) is 9.14. The maximum absolute atomic E-state index is 14.4. The number of aromatic hydroxyl groups is 2. The Hall–Kier alpha value is -3.75. The maximum atomic E-state index is 14.4. The number of amides is 3. The van der Waals surface area contributed by atoms with Gasteiger partial charge in [0.25, 0.3) is 0 Å². The van der Waals surface area contributed by atoms with E-state index < -0.39 is 35.6 Å². The number of alkyl carbamates (subject to hydrolysis) is 1. The van der Waals surface area contributed by atoms with E-state index in [2.05, 4.69) is 10.6 Å². The van der Waals surface area contributed by atoms with Gasteiger partial charge in [0.15, 0.2) is 0 Å². The van der Waals surface area contributed by atoms with Crippen molar-refractivity contribution in [1.82, 2.24) is 15.5 Å². The summed E-state index contributed by atoms with van der Waals surface area (Å²) in [5, 5.41) is 26.3. The number of phenolic OH excluding ortho intramolecular Hbond substituents is 2. The molecule has 4 unspecified atom stereocenters. The maximum Gasteiger partial charge on any atom is 0.408 e. The van der Waals surface area contributed by atoms with Gasteiger partial charge in [-0.15, -0.1) is 0 Å². The van der Waals surface area contributed by atoms with Crippen LogP contribution in [0.1, 0.15) is 70.7 Å². The van der Waals surface area contributed by atoms with E-state index >= 15 is 0 Å². The number of nitrogens with one attached hydrogen (secondary N) is 2. The highest BCUT2D eigenvalue weighted by atomic mass is 16.6. The first-order chi connectivity index (χ1) is 18.2. The van der Waals surface area contributed by atoms with Crippen LogP contribution in [0, 0.1) is 12.8 Å². The van der Waals surface area contributed by atoms with Crippen molar-refractivity contribution in [3.8, 4) is 11.5 Å². The second-order valence-electron chi connectivity index (χ2n) is 11.7. The quantitative estimate of drug-likeness (QED) is 0.375. The molecular formula is C30H41N3O6. The third kappa shape index (κ3) is 7.88. The molecule has 0 aliphatic heterocycles. The normalized spacial score (nSPS) is 18.2. The molecule has 3 rings (SSSR count). The molecule has 0 aromatic heterocycles. The fourth-order valence-electron chi connectivity index (χ4n) is 4.55. The lowest BCUT2D eigenvalue weighted by molar-refractivity contribution is -0.143. The highest BCUT2D eigenvalue weighted by Crippen LogP contribution is 2.43. The van der Waals surface area contributed by atoms with Gasteiger partial charge in [-0.05, 0) is 77.1 Å². The summed E-state index contributed by atoms with van der Waals surface area (Å²) in [4.78, 5) is 42.4. The van der Waals surface area contributed by atoms with Gasteiger partial charge in [-0.25, -0.2) is 4.79 Å². The van der Waals surface area contributed by atoms with E-state index in [0.717, 1.165) is 0 Å². The molecule has 2 aromatic carbocycles. The predicted octanol–water partition coefficient (Wildman–Crippen LogP) is 4.34. The van der Waals surface area contributed by atoms with Crippen LogP contribution >= 0.6 is 0 Å². The van der Waals surface area contributed by atoms with Gasteiger partial charge in [0.2, 0.25) is 11.8 Å². The lowest BCUT2D eigenvalue weighted by Crippen LogP contribution is -2.55. The Balaban J connectivity index is 2.08.